The maximum absolute atomic E-state index is 4.48. The monoisotopic (exact) mass is 374 g/mol. The first-order valence-electron chi connectivity index (χ1n) is 9.30. The number of anilines is 1. The van der Waals surface area contributed by atoms with Crippen molar-refractivity contribution in [1.82, 2.24) is 25.0 Å². The van der Waals surface area contributed by atoms with E-state index in [9.17, 15) is 0 Å². The molecule has 0 radical (unpaired) electrons. The average molecular weight is 374 g/mol. The molecule has 134 valence electrons. The molecule has 0 bridgehead atoms. The third-order valence-corrected chi connectivity index (χ3v) is 6.38. The maximum atomic E-state index is 4.48. The minimum Gasteiger partial charge on any atom is -0.360 e. The van der Waals surface area contributed by atoms with Gasteiger partial charge >= 0.3 is 0 Å². The van der Waals surface area contributed by atoms with Gasteiger partial charge in [-0.15, -0.1) is 16.4 Å². The Kier molecular flexibility index (Phi) is 3.17. The Labute approximate surface area is 160 Å². The van der Waals surface area contributed by atoms with Crippen LogP contribution in [0.5, 0.6) is 0 Å². The molecule has 27 heavy (non-hydrogen) atoms. The summed E-state index contributed by atoms with van der Waals surface area (Å²) in [5, 5.41) is 15.4. The molecule has 3 aromatic heterocycles. The van der Waals surface area contributed by atoms with E-state index in [2.05, 4.69) is 67.5 Å². The van der Waals surface area contributed by atoms with Gasteiger partial charge in [0.25, 0.3) is 0 Å². The molecule has 0 saturated heterocycles. The van der Waals surface area contributed by atoms with Gasteiger partial charge in [0.2, 0.25) is 0 Å². The Bertz CT molecular complexity index is 1120. The number of hydrogen-bond donors (Lipinski definition) is 1. The molecule has 0 aliphatic heterocycles. The van der Waals surface area contributed by atoms with Gasteiger partial charge in [-0.1, -0.05) is 17.3 Å². The summed E-state index contributed by atoms with van der Waals surface area (Å²) >= 11 is 1.64. The van der Waals surface area contributed by atoms with Gasteiger partial charge in [0.15, 0.2) is 0 Å². The lowest BCUT2D eigenvalue weighted by molar-refractivity contribution is 0.785. The number of rotatable bonds is 5. The third kappa shape index (κ3) is 2.61. The second kappa shape index (κ2) is 5.60. The van der Waals surface area contributed by atoms with Crippen LogP contribution in [0.15, 0.2) is 48.2 Å². The van der Waals surface area contributed by atoms with Crippen molar-refractivity contribution in [1.29, 1.82) is 0 Å². The fraction of sp³-hybridized carbons (Fsp3) is 0.300. The van der Waals surface area contributed by atoms with Crippen LogP contribution in [0.1, 0.15) is 42.9 Å². The van der Waals surface area contributed by atoms with Gasteiger partial charge in [0.05, 0.1) is 28.5 Å². The zero-order valence-electron chi connectivity index (χ0n) is 14.7. The van der Waals surface area contributed by atoms with E-state index < -0.39 is 0 Å². The van der Waals surface area contributed by atoms with E-state index >= 15 is 0 Å². The average Bonchev–Trinajstić information content (AvgIpc) is 3.60. The molecule has 7 heteroatoms. The normalized spacial score (nSPS) is 17.9. The van der Waals surface area contributed by atoms with Crippen molar-refractivity contribution in [3.63, 3.8) is 0 Å². The number of benzene rings is 1. The van der Waals surface area contributed by atoms with Gasteiger partial charge in [-0.05, 0) is 54.8 Å². The molecule has 2 fully saturated rings. The fourth-order valence-electron chi connectivity index (χ4n) is 3.63. The predicted octanol–water partition coefficient (Wildman–Crippen LogP) is 4.25. The molecule has 4 aromatic rings. The standard InChI is InChI=1S/C20H18N6S/c1-2-13(1)17-11-26(25-24-17)15-5-3-14(4-6-15)20(8-9-20)23-18-16-7-10-27-19(16)22-12-21-18/h3-7,10-13H,1-2,8-9H2,(H,21,22,23). The number of nitrogens with one attached hydrogen (secondary N) is 1. The van der Waals surface area contributed by atoms with Crippen LogP contribution in [0, 0.1) is 0 Å². The van der Waals surface area contributed by atoms with E-state index in [1.54, 1.807) is 17.7 Å². The zero-order chi connectivity index (χ0) is 17.8. The van der Waals surface area contributed by atoms with Crippen LogP contribution in [-0.4, -0.2) is 25.0 Å². The van der Waals surface area contributed by atoms with Gasteiger partial charge < -0.3 is 5.32 Å². The molecule has 2 aliphatic rings. The van der Waals surface area contributed by atoms with Crippen LogP contribution in [0.25, 0.3) is 15.9 Å². The van der Waals surface area contributed by atoms with Crippen molar-refractivity contribution in [3.8, 4) is 5.69 Å². The van der Waals surface area contributed by atoms with Gasteiger partial charge in [-0.25, -0.2) is 14.6 Å². The highest BCUT2D eigenvalue weighted by Crippen LogP contribution is 2.49. The second-order valence-corrected chi connectivity index (χ2v) is 8.37. The highest BCUT2D eigenvalue weighted by molar-refractivity contribution is 7.16. The Hall–Kier alpha value is -2.80. The minimum absolute atomic E-state index is 0.0245. The van der Waals surface area contributed by atoms with Crippen molar-refractivity contribution in [3.05, 3.63) is 59.5 Å². The van der Waals surface area contributed by atoms with Crippen molar-refractivity contribution in [2.75, 3.05) is 5.32 Å². The van der Waals surface area contributed by atoms with Crippen LogP contribution in [0.2, 0.25) is 0 Å². The third-order valence-electron chi connectivity index (χ3n) is 5.56. The lowest BCUT2D eigenvalue weighted by atomic mass is 10.0. The molecule has 2 saturated carbocycles. The number of thiophene rings is 1. The quantitative estimate of drug-likeness (QED) is 0.565. The molecule has 0 amide bonds. The minimum atomic E-state index is -0.0245. The van der Waals surface area contributed by atoms with E-state index in [1.807, 2.05) is 4.68 Å². The SMILES string of the molecule is c1nc(NC2(c3ccc(-n4cc(C5CC5)nn4)cc3)CC2)c2ccsc2n1. The summed E-state index contributed by atoms with van der Waals surface area (Å²) in [4.78, 5) is 9.85. The van der Waals surface area contributed by atoms with Gasteiger partial charge in [0.1, 0.15) is 17.0 Å². The van der Waals surface area contributed by atoms with Crippen molar-refractivity contribution < 1.29 is 0 Å². The molecule has 1 aromatic carbocycles. The molecule has 0 unspecified atom stereocenters. The maximum Gasteiger partial charge on any atom is 0.138 e. The van der Waals surface area contributed by atoms with Crippen LogP contribution in [-0.2, 0) is 5.54 Å². The van der Waals surface area contributed by atoms with Crippen molar-refractivity contribution >= 4 is 27.4 Å². The Morgan fingerprint density at radius 2 is 1.93 bits per heavy atom. The molecule has 1 N–H and O–H groups in total. The highest BCUT2D eigenvalue weighted by Gasteiger charge is 2.45. The van der Waals surface area contributed by atoms with E-state index in [0.29, 0.717) is 5.92 Å². The molecule has 0 atom stereocenters. The molecule has 2 aliphatic carbocycles. The molecular formula is C20H18N6S. The summed E-state index contributed by atoms with van der Waals surface area (Å²) in [5.74, 6) is 1.55. The Morgan fingerprint density at radius 1 is 1.07 bits per heavy atom. The summed E-state index contributed by atoms with van der Waals surface area (Å²) < 4.78 is 1.88. The highest BCUT2D eigenvalue weighted by atomic mass is 32.1. The number of nitrogens with zero attached hydrogens (tertiary/aromatic N) is 5. The van der Waals surface area contributed by atoms with Gasteiger partial charge in [0, 0.05) is 5.92 Å². The first-order valence-corrected chi connectivity index (χ1v) is 10.2. The molecule has 6 rings (SSSR count). The summed E-state index contributed by atoms with van der Waals surface area (Å²) in [6.45, 7) is 0. The zero-order valence-corrected chi connectivity index (χ0v) is 15.5. The molecule has 0 spiro atoms. The van der Waals surface area contributed by atoms with E-state index in [1.165, 1.54) is 18.4 Å². The predicted molar refractivity (Wildman–Crippen MR) is 105 cm³/mol. The topological polar surface area (TPSA) is 68.5 Å². The van der Waals surface area contributed by atoms with Crippen molar-refractivity contribution in [2.24, 2.45) is 0 Å². The smallest absolute Gasteiger partial charge is 0.138 e. The van der Waals surface area contributed by atoms with E-state index in [0.717, 1.165) is 40.3 Å². The summed E-state index contributed by atoms with van der Waals surface area (Å²) in [6.07, 6.45) is 8.40. The van der Waals surface area contributed by atoms with Crippen LogP contribution >= 0.6 is 11.3 Å². The van der Waals surface area contributed by atoms with E-state index in [-0.39, 0.29) is 5.54 Å². The van der Waals surface area contributed by atoms with Crippen LogP contribution in [0.3, 0.4) is 0 Å². The van der Waals surface area contributed by atoms with Crippen molar-refractivity contribution in [2.45, 2.75) is 37.1 Å². The molecular weight excluding hydrogens is 356 g/mol. The fourth-order valence-corrected chi connectivity index (χ4v) is 4.36. The van der Waals surface area contributed by atoms with Gasteiger partial charge in [-0.3, -0.25) is 0 Å². The number of hydrogen-bond acceptors (Lipinski definition) is 6. The number of aromatic nitrogens is 5. The summed E-state index contributed by atoms with van der Waals surface area (Å²) in [6, 6.07) is 10.7. The largest absolute Gasteiger partial charge is 0.360 e. The molecule has 6 nitrogen and oxygen atoms in total. The van der Waals surface area contributed by atoms with E-state index in [4.69, 9.17) is 0 Å². The lowest BCUT2D eigenvalue weighted by Gasteiger charge is -2.19. The first-order chi connectivity index (χ1) is 13.3. The summed E-state index contributed by atoms with van der Waals surface area (Å²) in [5.41, 5.74) is 3.43. The first kappa shape index (κ1) is 15.3. The Morgan fingerprint density at radius 3 is 2.70 bits per heavy atom. The van der Waals surface area contributed by atoms with Crippen LogP contribution in [0.4, 0.5) is 5.82 Å². The Balaban J connectivity index is 1.28. The van der Waals surface area contributed by atoms with Crippen LogP contribution < -0.4 is 5.32 Å². The van der Waals surface area contributed by atoms with Gasteiger partial charge in [-0.2, -0.15) is 0 Å². The number of fused-ring (bicyclic) bond motifs is 1. The lowest BCUT2D eigenvalue weighted by Crippen LogP contribution is -2.19. The molecule has 3 heterocycles. The second-order valence-electron chi connectivity index (χ2n) is 7.48. The summed E-state index contributed by atoms with van der Waals surface area (Å²) in [7, 11) is 0.